The summed E-state index contributed by atoms with van der Waals surface area (Å²) >= 11 is 0. The molecule has 6 nitrogen and oxygen atoms in total. The molecule has 0 bridgehead atoms. The highest BCUT2D eigenvalue weighted by Gasteiger charge is 2.36. The summed E-state index contributed by atoms with van der Waals surface area (Å²) in [5.41, 5.74) is 5.96. The minimum Gasteiger partial charge on any atom is -0.508 e. The molecule has 5 rings (SSSR count). The number of fused-ring (bicyclic) bond motifs is 3. The van der Waals surface area contributed by atoms with Crippen LogP contribution in [0.2, 0.25) is 0 Å². The molecule has 1 saturated carbocycles. The van der Waals surface area contributed by atoms with Gasteiger partial charge >= 0.3 is 0 Å². The Hall–Kier alpha value is -2.83. The van der Waals surface area contributed by atoms with E-state index in [-0.39, 0.29) is 11.8 Å². The first-order valence-electron chi connectivity index (χ1n) is 11.1. The summed E-state index contributed by atoms with van der Waals surface area (Å²) in [4.78, 5) is 8.78. The van der Waals surface area contributed by atoms with Crippen molar-refractivity contribution in [3.8, 4) is 5.75 Å². The Kier molecular flexibility index (Phi) is 5.20. The van der Waals surface area contributed by atoms with Gasteiger partial charge in [-0.25, -0.2) is 4.99 Å². The fourth-order valence-corrected chi connectivity index (χ4v) is 5.11. The number of aliphatic imine (C=N–C) groups is 1. The van der Waals surface area contributed by atoms with E-state index in [1.807, 2.05) is 24.1 Å². The van der Waals surface area contributed by atoms with Crippen molar-refractivity contribution >= 4 is 23.8 Å². The van der Waals surface area contributed by atoms with Gasteiger partial charge in [0, 0.05) is 24.7 Å². The zero-order chi connectivity index (χ0) is 21.5. The van der Waals surface area contributed by atoms with Gasteiger partial charge in [-0.05, 0) is 48.6 Å². The van der Waals surface area contributed by atoms with Crippen LogP contribution in [0, 0.1) is 0 Å². The molecule has 3 unspecified atom stereocenters. The number of aromatic hydroxyl groups is 1. The van der Waals surface area contributed by atoms with Crippen LogP contribution >= 0.6 is 0 Å². The maximum Gasteiger partial charge on any atom is 0.156 e. The van der Waals surface area contributed by atoms with Crippen LogP contribution in [0.25, 0.3) is 6.08 Å². The van der Waals surface area contributed by atoms with Gasteiger partial charge in [-0.1, -0.05) is 37.1 Å². The number of aliphatic hydroxyl groups excluding tert-OH is 2. The number of likely N-dealkylation sites (N-methyl/N-ethyl adjacent to an activating group) is 1. The van der Waals surface area contributed by atoms with Gasteiger partial charge in [-0.15, -0.1) is 0 Å². The Balaban J connectivity index is 1.58. The molecule has 31 heavy (non-hydrogen) atoms. The van der Waals surface area contributed by atoms with E-state index in [0.29, 0.717) is 6.42 Å². The van der Waals surface area contributed by atoms with Gasteiger partial charge in [0.2, 0.25) is 0 Å². The minimum atomic E-state index is -0.839. The zero-order valence-electron chi connectivity index (χ0n) is 17.8. The van der Waals surface area contributed by atoms with Crippen molar-refractivity contribution in [1.82, 2.24) is 4.90 Å². The molecule has 162 valence electrons. The largest absolute Gasteiger partial charge is 0.508 e. The average molecular weight is 420 g/mol. The molecule has 3 aliphatic rings. The third-order valence-corrected chi connectivity index (χ3v) is 6.76. The van der Waals surface area contributed by atoms with Crippen molar-refractivity contribution in [2.45, 2.75) is 50.5 Å². The number of hydrogen-bond donors (Lipinski definition) is 3. The highest BCUT2D eigenvalue weighted by atomic mass is 16.3. The molecule has 1 fully saturated rings. The maximum atomic E-state index is 11.4. The van der Waals surface area contributed by atoms with E-state index in [9.17, 15) is 15.3 Å². The van der Waals surface area contributed by atoms with Gasteiger partial charge in [0.05, 0.1) is 29.9 Å². The second kappa shape index (κ2) is 8.02. The summed E-state index contributed by atoms with van der Waals surface area (Å²) in [6.07, 6.45) is 9.10. The summed E-state index contributed by atoms with van der Waals surface area (Å²) in [6.45, 7) is 0.790. The van der Waals surface area contributed by atoms with E-state index in [2.05, 4.69) is 23.1 Å². The van der Waals surface area contributed by atoms with Gasteiger partial charge < -0.3 is 25.1 Å². The number of aliphatic hydroxyl groups is 2. The quantitative estimate of drug-likeness (QED) is 0.707. The topological polar surface area (TPSA) is 79.5 Å². The molecule has 2 aromatic rings. The van der Waals surface area contributed by atoms with Crippen LogP contribution in [0.3, 0.4) is 0 Å². The molecular formula is C25H29N3O3. The fourth-order valence-electron chi connectivity index (χ4n) is 5.11. The van der Waals surface area contributed by atoms with Crippen molar-refractivity contribution in [2.75, 3.05) is 18.5 Å². The lowest BCUT2D eigenvalue weighted by Gasteiger charge is -2.42. The molecule has 6 heteroatoms. The van der Waals surface area contributed by atoms with E-state index in [4.69, 9.17) is 4.99 Å². The molecule has 3 atom stereocenters. The van der Waals surface area contributed by atoms with Gasteiger partial charge in [0.25, 0.3) is 0 Å². The maximum absolute atomic E-state index is 11.4. The summed E-state index contributed by atoms with van der Waals surface area (Å²) in [7, 11) is 2.05. The Morgan fingerprint density at radius 3 is 2.65 bits per heavy atom. The van der Waals surface area contributed by atoms with Crippen molar-refractivity contribution in [1.29, 1.82) is 0 Å². The lowest BCUT2D eigenvalue weighted by molar-refractivity contribution is -0.0322. The molecular weight excluding hydrogens is 390 g/mol. The van der Waals surface area contributed by atoms with Crippen molar-refractivity contribution in [3.05, 3.63) is 58.7 Å². The Morgan fingerprint density at radius 2 is 1.87 bits per heavy atom. The van der Waals surface area contributed by atoms with Crippen LogP contribution in [0.15, 0.2) is 41.4 Å². The van der Waals surface area contributed by atoms with Gasteiger partial charge in [-0.3, -0.25) is 0 Å². The number of anilines is 1. The molecule has 0 amide bonds. The first-order valence-corrected chi connectivity index (χ1v) is 11.1. The normalized spacial score (nSPS) is 24.8. The Labute approximate surface area is 182 Å². The molecule has 2 aromatic carbocycles. The highest BCUT2D eigenvalue weighted by Crippen LogP contribution is 2.46. The van der Waals surface area contributed by atoms with Crippen LogP contribution in [-0.2, 0) is 6.42 Å². The lowest BCUT2D eigenvalue weighted by Crippen LogP contribution is -2.47. The van der Waals surface area contributed by atoms with Crippen LogP contribution in [0.5, 0.6) is 5.75 Å². The Bertz CT molecular complexity index is 1030. The Morgan fingerprint density at radius 1 is 1.10 bits per heavy atom. The molecule has 2 heterocycles. The molecule has 0 radical (unpaired) electrons. The van der Waals surface area contributed by atoms with Crippen LogP contribution in [-0.4, -0.2) is 52.3 Å². The number of benzene rings is 2. The average Bonchev–Trinajstić information content (AvgIpc) is 2.77. The molecule has 1 aliphatic carbocycles. The molecule has 2 aliphatic heterocycles. The first kappa shape index (κ1) is 20.1. The van der Waals surface area contributed by atoms with E-state index >= 15 is 0 Å². The van der Waals surface area contributed by atoms with E-state index < -0.39 is 12.3 Å². The molecule has 0 saturated heterocycles. The van der Waals surface area contributed by atoms with Crippen LogP contribution < -0.4 is 4.90 Å². The number of rotatable bonds is 3. The molecule has 3 N–H and O–H groups in total. The highest BCUT2D eigenvalue weighted by molar-refractivity contribution is 5.88. The zero-order valence-corrected chi connectivity index (χ0v) is 17.8. The first-order chi connectivity index (χ1) is 15.0. The second-order valence-electron chi connectivity index (χ2n) is 8.85. The number of nitrogens with zero attached hydrogens (tertiary/aromatic N) is 3. The molecule has 0 spiro atoms. The van der Waals surface area contributed by atoms with Gasteiger partial charge in [0.1, 0.15) is 5.75 Å². The smallest absolute Gasteiger partial charge is 0.156 e. The lowest BCUT2D eigenvalue weighted by atomic mass is 9.88. The number of phenols is 1. The minimum absolute atomic E-state index is 0.116. The van der Waals surface area contributed by atoms with E-state index in [0.717, 1.165) is 65.9 Å². The van der Waals surface area contributed by atoms with Crippen molar-refractivity contribution < 1.29 is 15.3 Å². The number of hydrogen-bond acceptors (Lipinski definition) is 6. The van der Waals surface area contributed by atoms with E-state index in [1.54, 1.807) is 18.5 Å². The second-order valence-corrected chi connectivity index (χ2v) is 8.85. The van der Waals surface area contributed by atoms with Gasteiger partial charge in [-0.2, -0.15) is 0 Å². The fraction of sp³-hybridized carbons (Fsp3) is 0.400. The summed E-state index contributed by atoms with van der Waals surface area (Å²) in [6, 6.07) is 9.21. The predicted molar refractivity (Wildman–Crippen MR) is 123 cm³/mol. The van der Waals surface area contributed by atoms with E-state index in [1.165, 1.54) is 0 Å². The SMILES string of the molecule is CN1CC=Cc2c(Cc3ccc(O)cc3)cc3c(c21)N=CN(C1CCCCC1O)C3O. The van der Waals surface area contributed by atoms with Crippen molar-refractivity contribution in [2.24, 2.45) is 4.99 Å². The number of phenolic OH excluding ortho intramolecular Hbond substituents is 1. The summed E-state index contributed by atoms with van der Waals surface area (Å²) in [5.74, 6) is 0.252. The van der Waals surface area contributed by atoms with Crippen molar-refractivity contribution in [3.63, 3.8) is 0 Å². The monoisotopic (exact) mass is 419 g/mol. The van der Waals surface area contributed by atoms with Gasteiger partial charge in [0.15, 0.2) is 6.23 Å². The summed E-state index contributed by atoms with van der Waals surface area (Å²) in [5, 5.41) is 31.5. The third-order valence-electron chi connectivity index (χ3n) is 6.76. The summed E-state index contributed by atoms with van der Waals surface area (Å²) < 4.78 is 0. The van der Waals surface area contributed by atoms with Crippen LogP contribution in [0.1, 0.15) is 54.2 Å². The third kappa shape index (κ3) is 3.60. The predicted octanol–water partition coefficient (Wildman–Crippen LogP) is 3.72. The standard InChI is InChI=1S/C25H29N3O3/c1-27-12-4-5-19-17(13-16-8-10-18(29)11-9-16)14-20-23(24(19)27)26-15-28(25(20)31)21-6-2-3-7-22(21)30/h4-5,8-11,14-15,21-22,25,29-31H,2-3,6-7,12-13H2,1H3. The molecule has 0 aromatic heterocycles. The van der Waals surface area contributed by atoms with Crippen LogP contribution in [0.4, 0.5) is 11.4 Å².